The number of rotatable bonds is 8. The first-order chi connectivity index (χ1) is 19.5. The van der Waals surface area contributed by atoms with Gasteiger partial charge in [-0.2, -0.15) is 0 Å². The molecular formula is C32H36N4O4S. The first kappa shape index (κ1) is 28.5. The van der Waals surface area contributed by atoms with Crippen LogP contribution in [0.15, 0.2) is 77.7 Å². The molecule has 8 nitrogen and oxygen atoms in total. The molecule has 3 aromatic carbocycles. The number of hydrogen-bond donors (Lipinski definition) is 3. The minimum absolute atomic E-state index is 0.0143. The van der Waals surface area contributed by atoms with Gasteiger partial charge in [0.25, 0.3) is 5.91 Å². The highest BCUT2D eigenvalue weighted by atomic mass is 32.2. The number of aryl methyl sites for hydroxylation is 1. The first-order valence-corrected chi connectivity index (χ1v) is 15.9. The maximum Gasteiger partial charge on any atom is 0.251 e. The van der Waals surface area contributed by atoms with Gasteiger partial charge >= 0.3 is 0 Å². The summed E-state index contributed by atoms with van der Waals surface area (Å²) in [6.07, 6.45) is 4.50. The lowest BCUT2D eigenvalue weighted by Crippen LogP contribution is -2.62. The fourth-order valence-corrected chi connectivity index (χ4v) is 6.62. The fraction of sp³-hybridized carbons (Fsp3) is 0.344. The van der Waals surface area contributed by atoms with E-state index in [9.17, 15) is 18.0 Å². The second kappa shape index (κ2) is 11.1. The van der Waals surface area contributed by atoms with Crippen molar-refractivity contribution in [3.8, 4) is 0 Å². The summed E-state index contributed by atoms with van der Waals surface area (Å²) in [6, 6.07) is 20.8. The van der Waals surface area contributed by atoms with Crippen molar-refractivity contribution in [1.29, 1.82) is 5.41 Å². The smallest absolute Gasteiger partial charge is 0.251 e. The van der Waals surface area contributed by atoms with Gasteiger partial charge in [0, 0.05) is 17.4 Å². The van der Waals surface area contributed by atoms with Crippen molar-refractivity contribution in [3.63, 3.8) is 0 Å². The zero-order valence-corrected chi connectivity index (χ0v) is 24.4. The molecule has 5 rings (SSSR count). The number of fused-ring (bicyclic) bond motifs is 1. The van der Waals surface area contributed by atoms with Crippen molar-refractivity contribution in [1.82, 2.24) is 15.5 Å². The standard InChI is InChI=1S/C32H36N4O4S/c1-4-32(5-2)20-28(37)36(31(33)35-32)29(22-13-16-25(17-14-22)41(3,39)40)23-10-8-11-24(19-23)30(38)34-27-18-15-21-9-6-7-12-26(21)27/h6-14,16-17,19,27,29H,4-5,15,18,20H2,1-3H3,(H2,33,35)(H,34,38)/t27-,29?/m0/s1. The van der Waals surface area contributed by atoms with Gasteiger partial charge in [0.2, 0.25) is 5.91 Å². The van der Waals surface area contributed by atoms with Crippen LogP contribution in [0.3, 0.4) is 0 Å². The molecule has 1 aliphatic heterocycles. The molecule has 0 radical (unpaired) electrons. The summed E-state index contributed by atoms with van der Waals surface area (Å²) in [5.41, 5.74) is 3.63. The molecule has 0 aromatic heterocycles. The minimum Gasteiger partial charge on any atom is -0.350 e. The van der Waals surface area contributed by atoms with E-state index in [1.54, 1.807) is 30.3 Å². The topological polar surface area (TPSA) is 119 Å². The Labute approximate surface area is 241 Å². The molecule has 1 heterocycles. The highest BCUT2D eigenvalue weighted by molar-refractivity contribution is 7.90. The maximum atomic E-state index is 13.7. The average molecular weight is 573 g/mol. The largest absolute Gasteiger partial charge is 0.350 e. The molecule has 3 N–H and O–H groups in total. The van der Waals surface area contributed by atoms with Gasteiger partial charge in [0.05, 0.1) is 23.4 Å². The van der Waals surface area contributed by atoms with Crippen LogP contribution in [0.1, 0.15) is 84.2 Å². The van der Waals surface area contributed by atoms with Crippen LogP contribution in [0.4, 0.5) is 0 Å². The molecule has 0 saturated carbocycles. The van der Waals surface area contributed by atoms with Gasteiger partial charge < -0.3 is 10.6 Å². The van der Waals surface area contributed by atoms with Gasteiger partial charge in [-0.15, -0.1) is 0 Å². The Kier molecular flexibility index (Phi) is 7.74. The number of amides is 2. The molecule has 41 heavy (non-hydrogen) atoms. The predicted octanol–water partition coefficient (Wildman–Crippen LogP) is 4.91. The molecular weight excluding hydrogens is 536 g/mol. The van der Waals surface area contributed by atoms with E-state index in [-0.39, 0.29) is 35.1 Å². The van der Waals surface area contributed by atoms with Crippen molar-refractivity contribution in [3.05, 3.63) is 101 Å². The third-order valence-corrected chi connectivity index (χ3v) is 9.65. The fourth-order valence-electron chi connectivity index (χ4n) is 5.99. The van der Waals surface area contributed by atoms with Crippen LogP contribution in [0.5, 0.6) is 0 Å². The van der Waals surface area contributed by atoms with E-state index in [4.69, 9.17) is 5.41 Å². The van der Waals surface area contributed by atoms with Gasteiger partial charge in [0.15, 0.2) is 15.8 Å². The van der Waals surface area contributed by atoms with Gasteiger partial charge in [-0.05, 0) is 72.2 Å². The average Bonchev–Trinajstić information content (AvgIpc) is 3.37. The van der Waals surface area contributed by atoms with Gasteiger partial charge in [-0.25, -0.2) is 8.42 Å². The van der Waals surface area contributed by atoms with Crippen LogP contribution in [-0.4, -0.2) is 42.9 Å². The summed E-state index contributed by atoms with van der Waals surface area (Å²) in [7, 11) is -3.42. The van der Waals surface area contributed by atoms with Crippen molar-refractivity contribution in [2.24, 2.45) is 0 Å². The first-order valence-electron chi connectivity index (χ1n) is 14.0. The number of carbonyl (C=O) groups is 2. The number of benzene rings is 3. The third kappa shape index (κ3) is 5.63. The molecule has 0 bridgehead atoms. The molecule has 1 aliphatic carbocycles. The zero-order chi connectivity index (χ0) is 29.4. The lowest BCUT2D eigenvalue weighted by molar-refractivity contribution is -0.132. The Morgan fingerprint density at radius 3 is 2.41 bits per heavy atom. The van der Waals surface area contributed by atoms with E-state index in [1.165, 1.54) is 22.6 Å². The molecule has 1 unspecified atom stereocenters. The number of nitrogens with one attached hydrogen (secondary N) is 3. The second-order valence-corrected chi connectivity index (χ2v) is 13.1. The summed E-state index contributed by atoms with van der Waals surface area (Å²) in [5, 5.41) is 15.3. The van der Waals surface area contributed by atoms with Crippen molar-refractivity contribution in [2.75, 3.05) is 6.26 Å². The number of carbonyl (C=O) groups excluding carboxylic acids is 2. The van der Waals surface area contributed by atoms with Crippen LogP contribution in [0, 0.1) is 5.41 Å². The SMILES string of the molecule is CCC1(CC)CC(=O)N(C(c2ccc(S(C)(=O)=O)cc2)c2cccc(C(=O)N[C@H]3CCc4ccccc43)c2)C(=N)N1. The van der Waals surface area contributed by atoms with Gasteiger partial charge in [0.1, 0.15) is 0 Å². The summed E-state index contributed by atoms with van der Waals surface area (Å²) in [4.78, 5) is 28.7. The van der Waals surface area contributed by atoms with E-state index >= 15 is 0 Å². The Balaban J connectivity index is 1.51. The zero-order valence-electron chi connectivity index (χ0n) is 23.6. The Morgan fingerprint density at radius 2 is 1.76 bits per heavy atom. The monoisotopic (exact) mass is 572 g/mol. The Hall–Kier alpha value is -3.98. The third-order valence-electron chi connectivity index (χ3n) is 8.52. The van der Waals surface area contributed by atoms with Crippen LogP contribution in [0.25, 0.3) is 0 Å². The van der Waals surface area contributed by atoms with Gasteiger partial charge in [-0.3, -0.25) is 19.9 Å². The number of guanidine groups is 1. The lowest BCUT2D eigenvalue weighted by atomic mass is 9.85. The maximum absolute atomic E-state index is 13.7. The number of hydrogen-bond acceptors (Lipinski definition) is 5. The van der Waals surface area contributed by atoms with E-state index < -0.39 is 21.4 Å². The molecule has 3 aromatic rings. The molecule has 9 heteroatoms. The summed E-state index contributed by atoms with van der Waals surface area (Å²) in [6.45, 7) is 4.00. The summed E-state index contributed by atoms with van der Waals surface area (Å²) < 4.78 is 24.2. The van der Waals surface area contributed by atoms with Gasteiger partial charge in [-0.1, -0.05) is 62.4 Å². The Morgan fingerprint density at radius 1 is 1.05 bits per heavy atom. The summed E-state index contributed by atoms with van der Waals surface area (Å²) >= 11 is 0. The van der Waals surface area contributed by atoms with Crippen LogP contribution in [-0.2, 0) is 21.1 Å². The molecule has 1 fully saturated rings. The van der Waals surface area contributed by atoms with E-state index in [1.807, 2.05) is 38.1 Å². The van der Waals surface area contributed by atoms with E-state index in [2.05, 4.69) is 16.7 Å². The highest BCUT2D eigenvalue weighted by Gasteiger charge is 2.42. The van der Waals surface area contributed by atoms with Crippen LogP contribution < -0.4 is 10.6 Å². The summed E-state index contributed by atoms with van der Waals surface area (Å²) in [5.74, 6) is -0.430. The van der Waals surface area contributed by atoms with Crippen LogP contribution in [0.2, 0.25) is 0 Å². The second-order valence-electron chi connectivity index (χ2n) is 11.0. The van der Waals surface area contributed by atoms with Crippen molar-refractivity contribution in [2.45, 2.75) is 68.5 Å². The number of nitrogens with zero attached hydrogens (tertiary/aromatic N) is 1. The normalized spacial score (nSPS) is 18.9. The molecule has 2 aliphatic rings. The predicted molar refractivity (Wildman–Crippen MR) is 158 cm³/mol. The van der Waals surface area contributed by atoms with E-state index in [0.29, 0.717) is 29.5 Å². The molecule has 2 atom stereocenters. The number of sulfone groups is 1. The quantitative estimate of drug-likeness (QED) is 0.354. The van der Waals surface area contributed by atoms with Crippen molar-refractivity contribution < 1.29 is 18.0 Å². The lowest BCUT2D eigenvalue weighted by Gasteiger charge is -2.45. The highest BCUT2D eigenvalue weighted by Crippen LogP contribution is 2.36. The molecule has 0 spiro atoms. The van der Waals surface area contributed by atoms with Crippen molar-refractivity contribution >= 4 is 27.6 Å². The molecule has 2 amide bonds. The molecule has 214 valence electrons. The minimum atomic E-state index is -3.42. The Bertz CT molecular complexity index is 1580. The van der Waals surface area contributed by atoms with Crippen LogP contribution >= 0.6 is 0 Å². The molecule has 1 saturated heterocycles. The van der Waals surface area contributed by atoms with E-state index in [0.717, 1.165) is 24.7 Å².